The molecule has 0 fully saturated rings. The van der Waals surface area contributed by atoms with Gasteiger partial charge in [-0.1, -0.05) is 19.1 Å². The van der Waals surface area contributed by atoms with Gasteiger partial charge < -0.3 is 14.9 Å². The molecule has 0 aliphatic carbocycles. The summed E-state index contributed by atoms with van der Waals surface area (Å²) in [5.41, 5.74) is 0.837. The van der Waals surface area contributed by atoms with Crippen LogP contribution < -0.4 is 4.74 Å². The topological polar surface area (TPSA) is 49.7 Å². The fraction of sp³-hybridized carbons (Fsp3) is 0.500. The molecular formula is C12H18O3. The van der Waals surface area contributed by atoms with E-state index >= 15 is 0 Å². The first-order valence-corrected chi connectivity index (χ1v) is 5.15. The van der Waals surface area contributed by atoms with Crippen molar-refractivity contribution < 1.29 is 14.9 Å². The zero-order chi connectivity index (χ0) is 11.3. The number of benzene rings is 1. The second-order valence-electron chi connectivity index (χ2n) is 3.85. The van der Waals surface area contributed by atoms with Crippen LogP contribution in [-0.2, 0) is 0 Å². The van der Waals surface area contributed by atoms with Crippen molar-refractivity contribution in [3.63, 3.8) is 0 Å². The summed E-state index contributed by atoms with van der Waals surface area (Å²) < 4.78 is 5.48. The van der Waals surface area contributed by atoms with Gasteiger partial charge in [0.2, 0.25) is 0 Å². The molecule has 0 saturated carbocycles. The predicted molar refractivity (Wildman–Crippen MR) is 58.8 cm³/mol. The first kappa shape index (κ1) is 12.0. The fourth-order valence-corrected chi connectivity index (χ4v) is 1.16. The molecule has 0 amide bonds. The third kappa shape index (κ3) is 3.90. The maximum Gasteiger partial charge on any atom is 0.119 e. The van der Waals surface area contributed by atoms with Crippen LogP contribution in [0.25, 0.3) is 0 Å². The zero-order valence-electron chi connectivity index (χ0n) is 9.18. The molecule has 1 aromatic carbocycles. The Kier molecular flexibility index (Phi) is 4.59. The summed E-state index contributed by atoms with van der Waals surface area (Å²) in [7, 11) is 0. The van der Waals surface area contributed by atoms with Gasteiger partial charge in [-0.15, -0.1) is 0 Å². The van der Waals surface area contributed by atoms with E-state index in [2.05, 4.69) is 0 Å². The number of hydrogen-bond acceptors (Lipinski definition) is 3. The lowest BCUT2D eigenvalue weighted by Crippen LogP contribution is -2.12. The quantitative estimate of drug-likeness (QED) is 0.778. The Morgan fingerprint density at radius 1 is 1.33 bits per heavy atom. The molecule has 2 atom stereocenters. The van der Waals surface area contributed by atoms with Gasteiger partial charge in [0.05, 0.1) is 12.7 Å². The Balaban J connectivity index is 2.58. The molecule has 84 valence electrons. The van der Waals surface area contributed by atoms with Crippen molar-refractivity contribution in [3.8, 4) is 5.75 Å². The molecule has 0 saturated heterocycles. The van der Waals surface area contributed by atoms with Crippen LogP contribution in [0.15, 0.2) is 24.3 Å². The maximum absolute atomic E-state index is 9.38. The van der Waals surface area contributed by atoms with Crippen LogP contribution in [0.3, 0.4) is 0 Å². The van der Waals surface area contributed by atoms with Crippen LogP contribution in [0.5, 0.6) is 5.75 Å². The normalized spacial score (nSPS) is 14.7. The molecular weight excluding hydrogens is 192 g/mol. The molecule has 0 bridgehead atoms. The standard InChI is InChI=1S/C12H18O3/c1-9(7-13)8-15-12-5-3-4-11(6-12)10(2)14/h3-6,9-10,13-14H,7-8H2,1-2H3. The molecule has 0 heterocycles. The highest BCUT2D eigenvalue weighted by Gasteiger charge is 2.04. The Labute approximate surface area is 90.3 Å². The molecule has 0 radical (unpaired) electrons. The minimum atomic E-state index is -0.483. The van der Waals surface area contributed by atoms with Gasteiger partial charge in [0.15, 0.2) is 0 Å². The lowest BCUT2D eigenvalue weighted by atomic mass is 10.1. The van der Waals surface area contributed by atoms with Crippen molar-refractivity contribution in [3.05, 3.63) is 29.8 Å². The van der Waals surface area contributed by atoms with E-state index in [-0.39, 0.29) is 12.5 Å². The molecule has 0 spiro atoms. The average molecular weight is 210 g/mol. The molecule has 0 aliphatic heterocycles. The van der Waals surface area contributed by atoms with E-state index in [9.17, 15) is 5.11 Å². The molecule has 2 N–H and O–H groups in total. The third-order valence-corrected chi connectivity index (χ3v) is 2.19. The van der Waals surface area contributed by atoms with Crippen molar-refractivity contribution in [1.29, 1.82) is 0 Å². The van der Waals surface area contributed by atoms with Gasteiger partial charge in [-0.25, -0.2) is 0 Å². The van der Waals surface area contributed by atoms with Crippen LogP contribution in [0.1, 0.15) is 25.5 Å². The van der Waals surface area contributed by atoms with Gasteiger partial charge in [-0.3, -0.25) is 0 Å². The van der Waals surface area contributed by atoms with E-state index in [4.69, 9.17) is 9.84 Å². The van der Waals surface area contributed by atoms with Gasteiger partial charge in [0.25, 0.3) is 0 Å². The van der Waals surface area contributed by atoms with E-state index in [1.807, 2.05) is 31.2 Å². The predicted octanol–water partition coefficient (Wildman–Crippen LogP) is 1.75. The van der Waals surface area contributed by atoms with Crippen molar-refractivity contribution in [2.24, 2.45) is 5.92 Å². The highest BCUT2D eigenvalue weighted by atomic mass is 16.5. The van der Waals surface area contributed by atoms with Gasteiger partial charge >= 0.3 is 0 Å². The lowest BCUT2D eigenvalue weighted by molar-refractivity contribution is 0.173. The highest BCUT2D eigenvalue weighted by Crippen LogP contribution is 2.19. The van der Waals surface area contributed by atoms with Crippen LogP contribution in [-0.4, -0.2) is 23.4 Å². The van der Waals surface area contributed by atoms with Crippen molar-refractivity contribution >= 4 is 0 Å². The highest BCUT2D eigenvalue weighted by molar-refractivity contribution is 5.29. The number of hydrogen-bond donors (Lipinski definition) is 2. The molecule has 1 aromatic rings. The minimum Gasteiger partial charge on any atom is -0.493 e. The molecule has 2 unspecified atom stereocenters. The zero-order valence-corrected chi connectivity index (χ0v) is 9.18. The molecule has 3 heteroatoms. The van der Waals surface area contributed by atoms with E-state index in [1.54, 1.807) is 6.92 Å². The van der Waals surface area contributed by atoms with E-state index in [1.165, 1.54) is 0 Å². The molecule has 15 heavy (non-hydrogen) atoms. The van der Waals surface area contributed by atoms with Gasteiger partial charge in [-0.05, 0) is 24.6 Å². The van der Waals surface area contributed by atoms with E-state index in [0.29, 0.717) is 6.61 Å². The van der Waals surface area contributed by atoms with Crippen LogP contribution in [0, 0.1) is 5.92 Å². The van der Waals surface area contributed by atoms with Crippen LogP contribution in [0.4, 0.5) is 0 Å². The third-order valence-electron chi connectivity index (χ3n) is 2.19. The fourth-order valence-electron chi connectivity index (χ4n) is 1.16. The van der Waals surface area contributed by atoms with Crippen LogP contribution >= 0.6 is 0 Å². The number of aliphatic hydroxyl groups is 2. The average Bonchev–Trinajstić information content (AvgIpc) is 2.26. The van der Waals surface area contributed by atoms with Crippen molar-refractivity contribution in [1.82, 2.24) is 0 Å². The maximum atomic E-state index is 9.38. The minimum absolute atomic E-state index is 0.121. The number of rotatable bonds is 5. The second kappa shape index (κ2) is 5.73. The summed E-state index contributed by atoms with van der Waals surface area (Å²) in [6.07, 6.45) is -0.483. The monoisotopic (exact) mass is 210 g/mol. The summed E-state index contributed by atoms with van der Waals surface area (Å²) in [6.45, 7) is 4.24. The van der Waals surface area contributed by atoms with Crippen LogP contribution in [0.2, 0.25) is 0 Å². The lowest BCUT2D eigenvalue weighted by Gasteiger charge is -2.12. The largest absolute Gasteiger partial charge is 0.493 e. The smallest absolute Gasteiger partial charge is 0.119 e. The molecule has 1 rings (SSSR count). The second-order valence-corrected chi connectivity index (χ2v) is 3.85. The number of aliphatic hydroxyl groups excluding tert-OH is 2. The van der Waals surface area contributed by atoms with Gasteiger partial charge in [0, 0.05) is 12.5 Å². The summed E-state index contributed by atoms with van der Waals surface area (Å²) in [6, 6.07) is 7.36. The summed E-state index contributed by atoms with van der Waals surface area (Å²) >= 11 is 0. The van der Waals surface area contributed by atoms with Gasteiger partial charge in [-0.2, -0.15) is 0 Å². The van der Waals surface area contributed by atoms with E-state index < -0.39 is 6.10 Å². The van der Waals surface area contributed by atoms with Crippen molar-refractivity contribution in [2.75, 3.05) is 13.2 Å². The summed E-state index contributed by atoms with van der Waals surface area (Å²) in [5.74, 6) is 0.855. The SMILES string of the molecule is CC(CO)COc1cccc(C(C)O)c1. The first-order chi connectivity index (χ1) is 7.13. The Bertz CT molecular complexity index is 297. The Morgan fingerprint density at radius 3 is 2.67 bits per heavy atom. The summed E-state index contributed by atoms with van der Waals surface area (Å²) in [4.78, 5) is 0. The van der Waals surface area contributed by atoms with Crippen molar-refractivity contribution in [2.45, 2.75) is 20.0 Å². The van der Waals surface area contributed by atoms with E-state index in [0.717, 1.165) is 11.3 Å². The first-order valence-electron chi connectivity index (χ1n) is 5.15. The molecule has 3 nitrogen and oxygen atoms in total. The Morgan fingerprint density at radius 2 is 2.07 bits per heavy atom. The molecule has 0 aromatic heterocycles. The Hall–Kier alpha value is -1.06. The summed E-state index contributed by atoms with van der Waals surface area (Å²) in [5, 5.41) is 18.2. The number of ether oxygens (including phenoxy) is 1. The van der Waals surface area contributed by atoms with Gasteiger partial charge in [0.1, 0.15) is 5.75 Å². The molecule has 0 aliphatic rings.